The number of nitrogens with zero attached hydrogens (tertiary/aromatic N) is 2. The first-order chi connectivity index (χ1) is 14.9. The number of carbonyl (C=O) groups excluding carboxylic acids is 3. The molecule has 0 atom stereocenters. The van der Waals surface area contributed by atoms with Crippen LogP contribution in [0.1, 0.15) is 43.8 Å². The summed E-state index contributed by atoms with van der Waals surface area (Å²) in [5.41, 5.74) is 4.84. The molecule has 3 aromatic heterocycles. The highest BCUT2D eigenvalue weighted by molar-refractivity contribution is 7.18. The Morgan fingerprint density at radius 3 is 2.59 bits per heavy atom. The number of imidazole rings is 1. The molecule has 3 rings (SSSR count). The fourth-order valence-corrected chi connectivity index (χ4v) is 4.29. The third kappa shape index (κ3) is 4.70. The molecule has 0 aromatic carbocycles. The van der Waals surface area contributed by atoms with Gasteiger partial charge < -0.3 is 20.2 Å². The summed E-state index contributed by atoms with van der Waals surface area (Å²) in [5.74, 6) is -2.12. The van der Waals surface area contributed by atoms with Gasteiger partial charge in [0.05, 0.1) is 39.7 Å². The fourth-order valence-electron chi connectivity index (χ4n) is 2.97. The van der Waals surface area contributed by atoms with Crippen molar-refractivity contribution >= 4 is 51.4 Å². The molecule has 3 aromatic rings. The number of ether oxygens (including phenoxy) is 1. The van der Waals surface area contributed by atoms with E-state index in [1.165, 1.54) is 13.1 Å². The number of amides is 2. The number of thiophene rings is 1. The average Bonchev–Trinajstić information content (AvgIpc) is 3.22. The summed E-state index contributed by atoms with van der Waals surface area (Å²) in [5, 5.41) is 2.36. The van der Waals surface area contributed by atoms with Crippen molar-refractivity contribution in [3.05, 3.63) is 50.7 Å². The van der Waals surface area contributed by atoms with Crippen molar-refractivity contribution in [2.75, 3.05) is 11.9 Å². The zero-order chi connectivity index (χ0) is 23.8. The Kier molecular flexibility index (Phi) is 6.46. The van der Waals surface area contributed by atoms with Crippen molar-refractivity contribution in [3.8, 4) is 0 Å². The van der Waals surface area contributed by atoms with Gasteiger partial charge in [-0.3, -0.25) is 9.59 Å². The number of carbonyl (C=O) groups is 3. The number of esters is 1. The highest BCUT2D eigenvalue weighted by Gasteiger charge is 2.32. The van der Waals surface area contributed by atoms with Crippen molar-refractivity contribution in [1.29, 1.82) is 0 Å². The number of anilines is 1. The molecule has 0 saturated carbocycles. The van der Waals surface area contributed by atoms with Gasteiger partial charge in [0.15, 0.2) is 5.65 Å². The van der Waals surface area contributed by atoms with Gasteiger partial charge in [-0.15, -0.1) is 11.3 Å². The molecule has 0 aliphatic rings. The Balaban J connectivity index is 1.88. The van der Waals surface area contributed by atoms with Crippen LogP contribution in [0.3, 0.4) is 0 Å². The summed E-state index contributed by atoms with van der Waals surface area (Å²) >= 11 is 6.73. The van der Waals surface area contributed by atoms with Gasteiger partial charge in [0, 0.05) is 12.4 Å². The SMILES string of the molecule is CCOC(=O)c1c(NC(=O)Cc2cn3cc(C(F)(F)F)cc(Cl)c3n2)sc(C(N)=O)c1C. The molecule has 3 N–H and O–H groups in total. The minimum Gasteiger partial charge on any atom is -0.462 e. The van der Waals surface area contributed by atoms with Crippen LogP contribution in [0.25, 0.3) is 5.65 Å². The van der Waals surface area contributed by atoms with Crippen LogP contribution in [0.15, 0.2) is 18.5 Å². The van der Waals surface area contributed by atoms with Crippen LogP contribution < -0.4 is 11.1 Å². The van der Waals surface area contributed by atoms with E-state index in [2.05, 4.69) is 10.3 Å². The molecule has 8 nitrogen and oxygen atoms in total. The van der Waals surface area contributed by atoms with E-state index < -0.39 is 29.5 Å². The predicted octanol–water partition coefficient (Wildman–Crippen LogP) is 3.83. The maximum absolute atomic E-state index is 13.0. The van der Waals surface area contributed by atoms with Crippen LogP contribution in [0.4, 0.5) is 18.2 Å². The second-order valence-electron chi connectivity index (χ2n) is 6.61. The molecule has 0 bridgehead atoms. The number of alkyl halides is 3. The third-order valence-electron chi connectivity index (χ3n) is 4.33. The number of rotatable bonds is 6. The number of hydrogen-bond acceptors (Lipinski definition) is 6. The molecule has 0 unspecified atom stereocenters. The fraction of sp³-hybridized carbons (Fsp3) is 0.263. The molecule has 0 fully saturated rings. The summed E-state index contributed by atoms with van der Waals surface area (Å²) in [7, 11) is 0. The molecule has 0 radical (unpaired) electrons. The van der Waals surface area contributed by atoms with Crippen LogP contribution in [-0.2, 0) is 22.1 Å². The van der Waals surface area contributed by atoms with E-state index in [9.17, 15) is 27.6 Å². The molecular weight excluding hydrogens is 473 g/mol. The number of fused-ring (bicyclic) bond motifs is 1. The van der Waals surface area contributed by atoms with Crippen LogP contribution in [0.5, 0.6) is 0 Å². The lowest BCUT2D eigenvalue weighted by Gasteiger charge is -2.07. The Bertz CT molecular complexity index is 1240. The predicted molar refractivity (Wildman–Crippen MR) is 111 cm³/mol. The highest BCUT2D eigenvalue weighted by atomic mass is 35.5. The monoisotopic (exact) mass is 488 g/mol. The Morgan fingerprint density at radius 2 is 2.00 bits per heavy atom. The van der Waals surface area contributed by atoms with Crippen molar-refractivity contribution < 1.29 is 32.3 Å². The highest BCUT2D eigenvalue weighted by Crippen LogP contribution is 2.34. The first-order valence-electron chi connectivity index (χ1n) is 9.06. The zero-order valence-corrected chi connectivity index (χ0v) is 18.2. The lowest BCUT2D eigenvalue weighted by molar-refractivity contribution is -0.137. The van der Waals surface area contributed by atoms with Crippen LogP contribution in [0.2, 0.25) is 5.02 Å². The number of halogens is 4. The maximum atomic E-state index is 13.0. The Labute approximate surface area is 188 Å². The largest absolute Gasteiger partial charge is 0.462 e. The van der Waals surface area contributed by atoms with Crippen molar-refractivity contribution in [2.24, 2.45) is 5.73 Å². The van der Waals surface area contributed by atoms with E-state index in [0.717, 1.165) is 28.0 Å². The van der Waals surface area contributed by atoms with Crippen molar-refractivity contribution in [2.45, 2.75) is 26.4 Å². The number of aromatic nitrogens is 2. The maximum Gasteiger partial charge on any atom is 0.417 e. The van der Waals surface area contributed by atoms with Gasteiger partial charge >= 0.3 is 12.1 Å². The molecule has 170 valence electrons. The molecular formula is C19H16ClF3N4O4S. The lowest BCUT2D eigenvalue weighted by atomic mass is 10.1. The summed E-state index contributed by atoms with van der Waals surface area (Å²) < 4.78 is 45.0. The van der Waals surface area contributed by atoms with Crippen LogP contribution in [0, 0.1) is 6.92 Å². The van der Waals surface area contributed by atoms with Crippen molar-refractivity contribution in [3.63, 3.8) is 0 Å². The summed E-state index contributed by atoms with van der Waals surface area (Å²) in [6, 6.07) is 0.749. The standard InChI is InChI=1S/C19H16ClF3N4O4S/c1-3-31-18(30)13-8(2)14(15(24)29)32-17(13)26-12(28)5-10-7-27-6-9(19(21,22)23)4-11(20)16(27)25-10/h4,6-7H,3,5H2,1-2H3,(H2,24,29)(H,26,28). The Morgan fingerprint density at radius 1 is 1.31 bits per heavy atom. The first-order valence-corrected chi connectivity index (χ1v) is 10.3. The molecule has 0 saturated heterocycles. The molecule has 13 heteroatoms. The van der Waals surface area contributed by atoms with Crippen LogP contribution in [-0.4, -0.2) is 33.8 Å². The van der Waals surface area contributed by atoms with Gasteiger partial charge in [-0.25, -0.2) is 9.78 Å². The number of primary amides is 1. The number of nitrogens with one attached hydrogen (secondary N) is 1. The van der Waals surface area contributed by atoms with E-state index in [1.807, 2.05) is 0 Å². The molecule has 32 heavy (non-hydrogen) atoms. The van der Waals surface area contributed by atoms with Gasteiger partial charge in [0.1, 0.15) is 5.00 Å². The smallest absolute Gasteiger partial charge is 0.417 e. The number of pyridine rings is 1. The topological polar surface area (TPSA) is 116 Å². The third-order valence-corrected chi connectivity index (χ3v) is 5.83. The van der Waals surface area contributed by atoms with E-state index in [1.54, 1.807) is 6.92 Å². The lowest BCUT2D eigenvalue weighted by Crippen LogP contribution is -2.17. The van der Waals surface area contributed by atoms with Gasteiger partial charge in [-0.1, -0.05) is 11.6 Å². The summed E-state index contributed by atoms with van der Waals surface area (Å²) in [6.07, 6.45) is -2.87. The number of nitrogens with two attached hydrogens (primary N) is 1. The molecule has 0 spiro atoms. The molecule has 0 aliphatic carbocycles. The van der Waals surface area contributed by atoms with E-state index in [0.29, 0.717) is 0 Å². The average molecular weight is 489 g/mol. The zero-order valence-electron chi connectivity index (χ0n) is 16.7. The normalized spacial score (nSPS) is 11.6. The van der Waals surface area contributed by atoms with Crippen LogP contribution >= 0.6 is 22.9 Å². The minimum absolute atomic E-state index is 0.00636. The summed E-state index contributed by atoms with van der Waals surface area (Å²) in [4.78, 5) is 40.7. The van der Waals surface area contributed by atoms with Gasteiger partial charge in [-0.05, 0) is 25.5 Å². The first kappa shape index (κ1) is 23.5. The second-order valence-corrected chi connectivity index (χ2v) is 8.04. The summed E-state index contributed by atoms with van der Waals surface area (Å²) in [6.45, 7) is 3.18. The van der Waals surface area contributed by atoms with E-state index in [4.69, 9.17) is 22.1 Å². The molecule has 3 heterocycles. The van der Waals surface area contributed by atoms with E-state index in [-0.39, 0.29) is 50.4 Å². The van der Waals surface area contributed by atoms with Gasteiger partial charge in [0.2, 0.25) is 5.91 Å². The van der Waals surface area contributed by atoms with Gasteiger partial charge in [-0.2, -0.15) is 13.2 Å². The van der Waals surface area contributed by atoms with Crippen molar-refractivity contribution in [1.82, 2.24) is 9.38 Å². The molecule has 2 amide bonds. The van der Waals surface area contributed by atoms with E-state index >= 15 is 0 Å². The Hall–Kier alpha value is -3.12. The molecule has 0 aliphatic heterocycles. The second kappa shape index (κ2) is 8.79. The minimum atomic E-state index is -4.60. The van der Waals surface area contributed by atoms with Gasteiger partial charge in [0.25, 0.3) is 5.91 Å². The quantitative estimate of drug-likeness (QED) is 0.511. The number of hydrogen-bond donors (Lipinski definition) is 2.